The molecule has 2 aromatic carbocycles. The Bertz CT molecular complexity index is 1420. The van der Waals surface area contributed by atoms with Crippen molar-refractivity contribution in [1.29, 1.82) is 0 Å². The number of benzene rings is 2. The van der Waals surface area contributed by atoms with Crippen LogP contribution in [0.1, 0.15) is 47.9 Å². The number of carbonyl (C=O) groups is 2. The van der Waals surface area contributed by atoms with Gasteiger partial charge < -0.3 is 29.6 Å². The molecule has 0 saturated carbocycles. The monoisotopic (exact) mass is 766 g/mol. The highest BCUT2D eigenvalue weighted by Crippen LogP contribution is 2.39. The standard InChI is InChI=1S/C32H30F12N2O6/c1-17-25(27(47)45-23-13-19(29(33,34)35)11-20(14-23)30(36,37)38)51-9-6-4-8-50-18(2)26(52-10-5-3-7-49-17)28(48)46-24-15-21(31(39,40)41)12-22(16-24)32(42,43)44/h11-16,25-26H,1-10H2,(H,45,47)(H,46,48)/t25-,26?/m1/s1. The first-order valence-electron chi connectivity index (χ1n) is 15.0. The zero-order chi connectivity index (χ0) is 39.1. The molecule has 3 rings (SSSR count). The van der Waals surface area contributed by atoms with Crippen molar-refractivity contribution >= 4 is 23.2 Å². The molecule has 1 aliphatic heterocycles. The highest BCUT2D eigenvalue weighted by Gasteiger charge is 2.39. The molecular weight excluding hydrogens is 736 g/mol. The van der Waals surface area contributed by atoms with E-state index in [9.17, 15) is 62.3 Å². The third-order valence-corrected chi connectivity index (χ3v) is 6.99. The summed E-state index contributed by atoms with van der Waals surface area (Å²) < 4.78 is 181. The number of hydrogen-bond donors (Lipinski definition) is 2. The summed E-state index contributed by atoms with van der Waals surface area (Å²) in [4.78, 5) is 26.0. The Balaban J connectivity index is 1.70. The van der Waals surface area contributed by atoms with Gasteiger partial charge in [-0.05, 0) is 62.1 Å². The average Bonchev–Trinajstić information content (AvgIpc) is 3.01. The summed E-state index contributed by atoms with van der Waals surface area (Å²) in [5, 5.41) is 3.94. The van der Waals surface area contributed by atoms with E-state index in [1.165, 1.54) is 0 Å². The molecule has 1 heterocycles. The van der Waals surface area contributed by atoms with E-state index in [-0.39, 0.29) is 75.8 Å². The molecule has 1 fully saturated rings. The van der Waals surface area contributed by atoms with E-state index < -0.39 is 82.4 Å². The van der Waals surface area contributed by atoms with Crippen LogP contribution in [0.3, 0.4) is 0 Å². The summed E-state index contributed by atoms with van der Waals surface area (Å²) in [6.45, 7) is 6.23. The molecule has 2 atom stereocenters. The van der Waals surface area contributed by atoms with Crippen molar-refractivity contribution in [3.63, 3.8) is 0 Å². The summed E-state index contributed by atoms with van der Waals surface area (Å²) in [6, 6.07) is 1.01. The third-order valence-electron chi connectivity index (χ3n) is 6.99. The van der Waals surface area contributed by atoms with Crippen molar-refractivity contribution in [2.75, 3.05) is 37.1 Å². The van der Waals surface area contributed by atoms with Gasteiger partial charge in [0.2, 0.25) is 0 Å². The molecule has 2 amide bonds. The third kappa shape index (κ3) is 12.3. The van der Waals surface area contributed by atoms with Crippen molar-refractivity contribution in [3.8, 4) is 0 Å². The SMILES string of the molecule is C=C1OCCCCO[C@@H](C(=O)Nc2cc(C(F)(F)F)cc(C(F)(F)F)c2)C(=C)OCCCCOC1C(=O)Nc1cc(C(F)(F)F)cc(C(F)(F)F)c1. The van der Waals surface area contributed by atoms with Crippen LogP contribution in [-0.4, -0.2) is 50.4 Å². The van der Waals surface area contributed by atoms with E-state index in [0.29, 0.717) is 24.3 Å². The van der Waals surface area contributed by atoms with Gasteiger partial charge in [-0.1, -0.05) is 13.2 Å². The Morgan fingerprint density at radius 1 is 0.500 bits per heavy atom. The van der Waals surface area contributed by atoms with Crippen LogP contribution in [0, 0.1) is 0 Å². The Kier molecular flexibility index (Phi) is 13.6. The molecule has 0 radical (unpaired) electrons. The number of amides is 2. The molecule has 8 nitrogen and oxygen atoms in total. The number of alkyl halides is 12. The maximum absolute atomic E-state index is 13.3. The molecule has 1 saturated heterocycles. The van der Waals surface area contributed by atoms with Crippen LogP contribution in [0.5, 0.6) is 0 Å². The van der Waals surface area contributed by atoms with Crippen LogP contribution in [0.4, 0.5) is 64.1 Å². The number of nitrogens with one attached hydrogen (secondary N) is 2. The summed E-state index contributed by atoms with van der Waals surface area (Å²) >= 11 is 0. The van der Waals surface area contributed by atoms with Crippen molar-refractivity contribution in [1.82, 2.24) is 0 Å². The van der Waals surface area contributed by atoms with Gasteiger partial charge in [0.15, 0.2) is 12.2 Å². The molecule has 1 aliphatic rings. The van der Waals surface area contributed by atoms with Gasteiger partial charge >= 0.3 is 24.7 Å². The smallest absolute Gasteiger partial charge is 0.416 e. The molecule has 0 aliphatic carbocycles. The van der Waals surface area contributed by atoms with E-state index in [2.05, 4.69) is 13.2 Å². The van der Waals surface area contributed by atoms with Crippen LogP contribution < -0.4 is 10.6 Å². The molecule has 0 aromatic heterocycles. The molecular formula is C32H30F12N2O6. The number of hydrogen-bond acceptors (Lipinski definition) is 6. The van der Waals surface area contributed by atoms with Crippen LogP contribution in [0.2, 0.25) is 0 Å². The van der Waals surface area contributed by atoms with Crippen LogP contribution in [0.25, 0.3) is 0 Å². The minimum atomic E-state index is -5.17. The first-order chi connectivity index (χ1) is 24.0. The zero-order valence-corrected chi connectivity index (χ0v) is 26.7. The minimum Gasteiger partial charge on any atom is -0.495 e. The fraction of sp³-hybridized carbons (Fsp3) is 0.438. The minimum absolute atomic E-state index is 0.0916. The van der Waals surface area contributed by atoms with E-state index in [0.717, 1.165) is 0 Å². The van der Waals surface area contributed by atoms with Gasteiger partial charge in [-0.3, -0.25) is 9.59 Å². The van der Waals surface area contributed by atoms with Crippen molar-refractivity contribution in [2.24, 2.45) is 0 Å². The molecule has 1 unspecified atom stereocenters. The topological polar surface area (TPSA) is 95.1 Å². The Labute approximate surface area is 287 Å². The molecule has 0 spiro atoms. The van der Waals surface area contributed by atoms with Crippen LogP contribution in [0.15, 0.2) is 61.1 Å². The lowest BCUT2D eigenvalue weighted by Gasteiger charge is -2.23. The van der Waals surface area contributed by atoms with Crippen molar-refractivity contribution in [2.45, 2.75) is 62.6 Å². The lowest BCUT2D eigenvalue weighted by atomic mass is 10.1. The average molecular weight is 767 g/mol. The second-order valence-electron chi connectivity index (χ2n) is 11.1. The molecule has 2 aromatic rings. The molecule has 2 N–H and O–H groups in total. The molecule has 52 heavy (non-hydrogen) atoms. The fourth-order valence-electron chi connectivity index (χ4n) is 4.47. The van der Waals surface area contributed by atoms with Gasteiger partial charge in [-0.25, -0.2) is 0 Å². The lowest BCUT2D eigenvalue weighted by molar-refractivity contribution is -0.144. The van der Waals surface area contributed by atoms with E-state index in [4.69, 9.17) is 18.9 Å². The van der Waals surface area contributed by atoms with Gasteiger partial charge in [0.25, 0.3) is 11.8 Å². The molecule has 288 valence electrons. The number of rotatable bonds is 4. The number of halogens is 12. The number of ether oxygens (including phenoxy) is 4. The maximum Gasteiger partial charge on any atom is 0.416 e. The zero-order valence-electron chi connectivity index (χ0n) is 26.7. The highest BCUT2D eigenvalue weighted by molar-refractivity contribution is 5.96. The Morgan fingerprint density at radius 3 is 1.04 bits per heavy atom. The maximum atomic E-state index is 13.3. The Hall–Kier alpha value is -4.46. The molecule has 0 bridgehead atoms. The van der Waals surface area contributed by atoms with E-state index >= 15 is 0 Å². The predicted octanol–water partition coefficient (Wildman–Crippen LogP) is 8.74. The summed E-state index contributed by atoms with van der Waals surface area (Å²) in [5.74, 6) is -3.09. The summed E-state index contributed by atoms with van der Waals surface area (Å²) in [7, 11) is 0. The van der Waals surface area contributed by atoms with Gasteiger partial charge in [-0.15, -0.1) is 0 Å². The van der Waals surface area contributed by atoms with Crippen LogP contribution >= 0.6 is 0 Å². The second-order valence-corrected chi connectivity index (χ2v) is 11.1. The van der Waals surface area contributed by atoms with Gasteiger partial charge in [0.05, 0.1) is 35.5 Å². The van der Waals surface area contributed by atoms with E-state index in [1.54, 1.807) is 0 Å². The van der Waals surface area contributed by atoms with E-state index in [1.807, 2.05) is 10.6 Å². The van der Waals surface area contributed by atoms with Crippen molar-refractivity contribution < 1.29 is 81.2 Å². The predicted molar refractivity (Wildman–Crippen MR) is 158 cm³/mol. The number of anilines is 2. The van der Waals surface area contributed by atoms with Crippen molar-refractivity contribution in [3.05, 3.63) is 83.3 Å². The normalized spacial score (nSPS) is 19.3. The summed E-state index contributed by atoms with van der Waals surface area (Å²) in [5.41, 5.74) is -8.31. The first kappa shape index (κ1) is 42.0. The second kappa shape index (κ2) is 16.9. The van der Waals surface area contributed by atoms with Gasteiger partial charge in [-0.2, -0.15) is 52.7 Å². The highest BCUT2D eigenvalue weighted by atomic mass is 19.4. The largest absolute Gasteiger partial charge is 0.495 e. The first-order valence-corrected chi connectivity index (χ1v) is 15.0. The quantitative estimate of drug-likeness (QED) is 0.303. The summed E-state index contributed by atoms with van der Waals surface area (Å²) in [6.07, 6.45) is -23.7. The van der Waals surface area contributed by atoms with Gasteiger partial charge in [0, 0.05) is 24.6 Å². The Morgan fingerprint density at radius 2 is 0.769 bits per heavy atom. The molecule has 20 heteroatoms. The van der Waals surface area contributed by atoms with Gasteiger partial charge in [0.1, 0.15) is 11.5 Å². The number of carbonyl (C=O) groups excluding carboxylic acids is 2. The fourth-order valence-corrected chi connectivity index (χ4v) is 4.47. The van der Waals surface area contributed by atoms with Crippen LogP contribution in [-0.2, 0) is 53.2 Å². The lowest BCUT2D eigenvalue weighted by Crippen LogP contribution is -2.34.